The number of benzene rings is 2. The third-order valence-electron chi connectivity index (χ3n) is 4.19. The smallest absolute Gasteiger partial charge is 0.263 e. The Morgan fingerprint density at radius 3 is 2.69 bits per heavy atom. The van der Waals surface area contributed by atoms with E-state index in [0.29, 0.717) is 17.5 Å². The lowest BCUT2D eigenvalue weighted by Crippen LogP contribution is -2.21. The third kappa shape index (κ3) is 2.96. The minimum atomic E-state index is -0.0955. The van der Waals surface area contributed by atoms with Crippen molar-refractivity contribution in [3.05, 3.63) is 86.2 Å². The summed E-state index contributed by atoms with van der Waals surface area (Å²) in [5.41, 5.74) is 3.14. The Kier molecular flexibility index (Phi) is 4.41. The summed E-state index contributed by atoms with van der Waals surface area (Å²) in [6, 6.07) is 17.3. The van der Waals surface area contributed by atoms with E-state index < -0.39 is 0 Å². The zero-order valence-corrected chi connectivity index (χ0v) is 15.9. The molecule has 0 unspecified atom stereocenters. The van der Waals surface area contributed by atoms with Crippen molar-refractivity contribution in [1.29, 1.82) is 5.26 Å². The van der Waals surface area contributed by atoms with Crippen molar-refractivity contribution >= 4 is 37.5 Å². The molecule has 0 amide bonds. The van der Waals surface area contributed by atoms with Crippen molar-refractivity contribution in [1.82, 2.24) is 9.55 Å². The maximum Gasteiger partial charge on any atom is 0.263 e. The van der Waals surface area contributed by atoms with Gasteiger partial charge in [-0.3, -0.25) is 9.36 Å². The molecule has 26 heavy (non-hydrogen) atoms. The number of halogens is 1. The number of hydrogen-bond donors (Lipinski definition) is 0. The molecule has 2 aromatic heterocycles. The molecule has 0 fully saturated rings. The van der Waals surface area contributed by atoms with Crippen LogP contribution in [-0.4, -0.2) is 9.55 Å². The molecular formula is C20H12BrN3OS. The average Bonchev–Trinajstić information content (AvgIpc) is 3.10. The SMILES string of the molecule is N#Cc1ccccc1Cn1cnc2scc(-c3ccc(Br)cc3)c2c1=O. The van der Waals surface area contributed by atoms with Gasteiger partial charge in [-0.1, -0.05) is 46.3 Å². The van der Waals surface area contributed by atoms with E-state index in [9.17, 15) is 10.1 Å². The van der Waals surface area contributed by atoms with Gasteiger partial charge in [0.1, 0.15) is 4.83 Å². The third-order valence-corrected chi connectivity index (χ3v) is 5.61. The number of rotatable bonds is 3. The van der Waals surface area contributed by atoms with Crippen molar-refractivity contribution in [2.75, 3.05) is 0 Å². The molecular weight excluding hydrogens is 410 g/mol. The first-order valence-electron chi connectivity index (χ1n) is 7.88. The minimum absolute atomic E-state index is 0.0955. The van der Waals surface area contributed by atoms with Crippen LogP contribution in [0.25, 0.3) is 21.3 Å². The highest BCUT2D eigenvalue weighted by Gasteiger charge is 2.14. The fourth-order valence-electron chi connectivity index (χ4n) is 2.87. The molecule has 0 aliphatic rings. The van der Waals surface area contributed by atoms with Crippen LogP contribution in [0.1, 0.15) is 11.1 Å². The molecule has 0 aliphatic carbocycles. The van der Waals surface area contributed by atoms with Crippen molar-refractivity contribution in [2.45, 2.75) is 6.54 Å². The van der Waals surface area contributed by atoms with Crippen molar-refractivity contribution in [3.8, 4) is 17.2 Å². The van der Waals surface area contributed by atoms with E-state index in [1.807, 2.05) is 47.8 Å². The molecule has 0 bridgehead atoms. The molecule has 0 aliphatic heterocycles. The van der Waals surface area contributed by atoms with Gasteiger partial charge in [0.25, 0.3) is 5.56 Å². The normalized spacial score (nSPS) is 10.8. The van der Waals surface area contributed by atoms with Crippen LogP contribution in [0, 0.1) is 11.3 Å². The highest BCUT2D eigenvalue weighted by molar-refractivity contribution is 9.10. The lowest BCUT2D eigenvalue weighted by atomic mass is 10.1. The van der Waals surface area contributed by atoms with Crippen LogP contribution in [-0.2, 0) is 6.54 Å². The summed E-state index contributed by atoms with van der Waals surface area (Å²) < 4.78 is 2.55. The number of aromatic nitrogens is 2. The van der Waals surface area contributed by atoms with E-state index >= 15 is 0 Å². The van der Waals surface area contributed by atoms with Crippen molar-refractivity contribution in [2.24, 2.45) is 0 Å². The highest BCUT2D eigenvalue weighted by atomic mass is 79.9. The molecule has 4 nitrogen and oxygen atoms in total. The molecule has 0 atom stereocenters. The van der Waals surface area contributed by atoms with Crippen LogP contribution in [0.2, 0.25) is 0 Å². The van der Waals surface area contributed by atoms with E-state index in [0.717, 1.165) is 26.0 Å². The van der Waals surface area contributed by atoms with Crippen LogP contribution in [0.3, 0.4) is 0 Å². The molecule has 4 rings (SSSR count). The maximum absolute atomic E-state index is 13.1. The molecule has 0 saturated carbocycles. The molecule has 2 aromatic carbocycles. The summed E-state index contributed by atoms with van der Waals surface area (Å²) in [6.07, 6.45) is 1.56. The maximum atomic E-state index is 13.1. The molecule has 0 spiro atoms. The van der Waals surface area contributed by atoms with Gasteiger partial charge < -0.3 is 0 Å². The topological polar surface area (TPSA) is 58.7 Å². The molecule has 2 heterocycles. The predicted octanol–water partition coefficient (Wildman–Crippen LogP) is 4.81. The average molecular weight is 422 g/mol. The number of fused-ring (bicyclic) bond motifs is 1. The number of nitriles is 1. The van der Waals surface area contributed by atoms with Crippen molar-refractivity contribution in [3.63, 3.8) is 0 Å². The Morgan fingerprint density at radius 2 is 1.92 bits per heavy atom. The molecule has 0 radical (unpaired) electrons. The van der Waals surface area contributed by atoms with Crippen LogP contribution in [0.4, 0.5) is 0 Å². The van der Waals surface area contributed by atoms with Crippen LogP contribution in [0.5, 0.6) is 0 Å². The largest absolute Gasteiger partial charge is 0.294 e. The molecule has 0 N–H and O–H groups in total. The first-order valence-corrected chi connectivity index (χ1v) is 9.55. The van der Waals surface area contributed by atoms with Gasteiger partial charge in [0.05, 0.1) is 29.9 Å². The van der Waals surface area contributed by atoms with Gasteiger partial charge in [-0.15, -0.1) is 11.3 Å². The predicted molar refractivity (Wildman–Crippen MR) is 107 cm³/mol. The summed E-state index contributed by atoms with van der Waals surface area (Å²) in [4.78, 5) is 18.3. The monoisotopic (exact) mass is 421 g/mol. The first-order chi connectivity index (χ1) is 12.7. The lowest BCUT2D eigenvalue weighted by Gasteiger charge is -2.08. The van der Waals surface area contributed by atoms with Crippen LogP contribution in [0.15, 0.2) is 69.5 Å². The Labute approximate surface area is 162 Å². The summed E-state index contributed by atoms with van der Waals surface area (Å²) in [5, 5.41) is 11.9. The zero-order valence-electron chi connectivity index (χ0n) is 13.5. The summed E-state index contributed by atoms with van der Waals surface area (Å²) in [6.45, 7) is 0.321. The highest BCUT2D eigenvalue weighted by Crippen LogP contribution is 2.31. The summed E-state index contributed by atoms with van der Waals surface area (Å²) >= 11 is 4.89. The van der Waals surface area contributed by atoms with E-state index in [-0.39, 0.29) is 5.56 Å². The number of hydrogen-bond acceptors (Lipinski definition) is 4. The van der Waals surface area contributed by atoms with E-state index in [1.165, 1.54) is 11.3 Å². The number of thiophene rings is 1. The fraction of sp³-hybridized carbons (Fsp3) is 0.0500. The summed E-state index contributed by atoms with van der Waals surface area (Å²) in [7, 11) is 0. The molecule has 0 saturated heterocycles. The van der Waals surface area contributed by atoms with Gasteiger partial charge in [0, 0.05) is 15.4 Å². The van der Waals surface area contributed by atoms with Crippen molar-refractivity contribution < 1.29 is 0 Å². The second-order valence-electron chi connectivity index (χ2n) is 5.78. The van der Waals surface area contributed by atoms with E-state index in [4.69, 9.17) is 0 Å². The van der Waals surface area contributed by atoms with Gasteiger partial charge in [0.2, 0.25) is 0 Å². The van der Waals surface area contributed by atoms with Crippen LogP contribution >= 0.6 is 27.3 Å². The summed E-state index contributed by atoms with van der Waals surface area (Å²) in [5.74, 6) is 0. The second kappa shape index (κ2) is 6.87. The van der Waals surface area contributed by atoms with Gasteiger partial charge in [0.15, 0.2) is 0 Å². The molecule has 6 heteroatoms. The fourth-order valence-corrected chi connectivity index (χ4v) is 4.04. The zero-order chi connectivity index (χ0) is 18.1. The lowest BCUT2D eigenvalue weighted by molar-refractivity contribution is 0.748. The minimum Gasteiger partial charge on any atom is -0.294 e. The standard InChI is InChI=1S/C20H12BrN3OS/c21-16-7-5-13(6-8-16)17-11-26-19-18(17)20(25)24(12-23-19)10-15-4-2-1-3-14(15)9-22/h1-8,11-12H,10H2. The first kappa shape index (κ1) is 16.7. The Morgan fingerprint density at radius 1 is 1.15 bits per heavy atom. The van der Waals surface area contributed by atoms with E-state index in [1.54, 1.807) is 17.0 Å². The van der Waals surface area contributed by atoms with E-state index in [2.05, 4.69) is 27.0 Å². The van der Waals surface area contributed by atoms with Gasteiger partial charge in [-0.25, -0.2) is 4.98 Å². The van der Waals surface area contributed by atoms with Gasteiger partial charge >= 0.3 is 0 Å². The molecule has 4 aromatic rings. The van der Waals surface area contributed by atoms with Gasteiger partial charge in [-0.2, -0.15) is 5.26 Å². The van der Waals surface area contributed by atoms with Gasteiger partial charge in [-0.05, 0) is 29.3 Å². The quantitative estimate of drug-likeness (QED) is 0.476. The second-order valence-corrected chi connectivity index (χ2v) is 7.56. The molecule has 126 valence electrons. The number of nitrogens with zero attached hydrogens (tertiary/aromatic N) is 3. The van der Waals surface area contributed by atoms with Crippen LogP contribution < -0.4 is 5.56 Å². The Balaban J connectivity index is 1.84. The Bertz CT molecular complexity index is 1200. The Hall–Kier alpha value is -2.75.